The van der Waals surface area contributed by atoms with Gasteiger partial charge in [0, 0.05) is 0 Å². The molecule has 5 nitrogen and oxygen atoms in total. The molecule has 1 aromatic carbocycles. The van der Waals surface area contributed by atoms with Crippen molar-refractivity contribution in [1.29, 1.82) is 0 Å². The molecule has 0 aliphatic carbocycles. The molecule has 0 atom stereocenters. The number of amides is 1. The minimum absolute atomic E-state index is 0.267. The van der Waals surface area contributed by atoms with Crippen molar-refractivity contribution in [2.75, 3.05) is 19.8 Å². The Labute approximate surface area is 103 Å². The van der Waals surface area contributed by atoms with E-state index in [1.165, 1.54) is 12.1 Å². The maximum Gasteiger partial charge on any atom is 0.250 e. The van der Waals surface area contributed by atoms with Crippen molar-refractivity contribution in [3.8, 4) is 5.75 Å². The first kappa shape index (κ1) is 12.2. The van der Waals surface area contributed by atoms with Gasteiger partial charge in [-0.25, -0.2) is 0 Å². The molecule has 6 heteroatoms. The minimum atomic E-state index is -0.566. The Morgan fingerprint density at radius 1 is 1.47 bits per heavy atom. The Balaban J connectivity index is 1.97. The number of primary amides is 1. The molecule has 0 bridgehead atoms. The first-order chi connectivity index (χ1) is 8.16. The van der Waals surface area contributed by atoms with Gasteiger partial charge in [-0.1, -0.05) is 11.6 Å². The molecule has 1 heterocycles. The molecule has 1 aromatic rings. The number of ether oxygens (including phenoxy) is 3. The van der Waals surface area contributed by atoms with Crippen molar-refractivity contribution in [3.63, 3.8) is 0 Å². The highest BCUT2D eigenvalue weighted by Crippen LogP contribution is 2.22. The molecule has 1 saturated heterocycles. The lowest BCUT2D eigenvalue weighted by atomic mass is 10.2. The third-order valence-corrected chi connectivity index (χ3v) is 2.60. The fourth-order valence-corrected chi connectivity index (χ4v) is 1.72. The summed E-state index contributed by atoms with van der Waals surface area (Å²) in [7, 11) is 0. The summed E-state index contributed by atoms with van der Waals surface area (Å²) in [4.78, 5) is 11.0. The van der Waals surface area contributed by atoms with Gasteiger partial charge in [0.1, 0.15) is 12.4 Å². The number of hydrogen-bond donors (Lipinski definition) is 1. The second-order valence-electron chi connectivity index (χ2n) is 3.49. The van der Waals surface area contributed by atoms with Crippen LogP contribution in [-0.4, -0.2) is 32.0 Å². The summed E-state index contributed by atoms with van der Waals surface area (Å²) in [5.41, 5.74) is 5.40. The number of hydrogen-bond acceptors (Lipinski definition) is 4. The van der Waals surface area contributed by atoms with E-state index in [9.17, 15) is 4.79 Å². The van der Waals surface area contributed by atoms with E-state index in [-0.39, 0.29) is 23.5 Å². The van der Waals surface area contributed by atoms with Crippen LogP contribution in [0.5, 0.6) is 5.75 Å². The molecular weight excluding hydrogens is 246 g/mol. The second kappa shape index (κ2) is 5.35. The standard InChI is InChI=1S/C11H12ClNO4/c12-9-5-7(1-2-8(9)11(13)14)17-6-10-15-3-4-16-10/h1-2,5,10H,3-4,6H2,(H2,13,14). The molecule has 1 aliphatic heterocycles. The molecular formula is C11H12ClNO4. The highest BCUT2D eigenvalue weighted by Gasteiger charge is 2.16. The summed E-state index contributed by atoms with van der Waals surface area (Å²) >= 11 is 5.88. The minimum Gasteiger partial charge on any atom is -0.488 e. The zero-order valence-corrected chi connectivity index (χ0v) is 9.77. The number of benzene rings is 1. The van der Waals surface area contributed by atoms with Crippen LogP contribution in [0.2, 0.25) is 5.02 Å². The van der Waals surface area contributed by atoms with Crippen LogP contribution in [0.3, 0.4) is 0 Å². The van der Waals surface area contributed by atoms with E-state index in [4.69, 9.17) is 31.5 Å². The average molecular weight is 258 g/mol. The molecule has 0 saturated carbocycles. The first-order valence-electron chi connectivity index (χ1n) is 5.12. The van der Waals surface area contributed by atoms with E-state index in [0.29, 0.717) is 19.0 Å². The Hall–Kier alpha value is -1.30. The molecule has 17 heavy (non-hydrogen) atoms. The summed E-state index contributed by atoms with van der Waals surface area (Å²) < 4.78 is 15.8. The first-order valence-corrected chi connectivity index (χ1v) is 5.50. The molecule has 0 aromatic heterocycles. The maximum absolute atomic E-state index is 11.0. The van der Waals surface area contributed by atoms with E-state index >= 15 is 0 Å². The zero-order chi connectivity index (χ0) is 12.3. The predicted octanol–water partition coefficient (Wildman–Crippen LogP) is 1.19. The van der Waals surface area contributed by atoms with Gasteiger partial charge in [0.2, 0.25) is 5.91 Å². The Bertz CT molecular complexity index is 418. The summed E-state index contributed by atoms with van der Waals surface area (Å²) in [6.07, 6.45) is -0.343. The third kappa shape index (κ3) is 3.09. The van der Waals surface area contributed by atoms with Gasteiger partial charge in [-0.3, -0.25) is 4.79 Å². The van der Waals surface area contributed by atoms with Crippen molar-refractivity contribution >= 4 is 17.5 Å². The maximum atomic E-state index is 11.0. The van der Waals surface area contributed by atoms with Crippen molar-refractivity contribution < 1.29 is 19.0 Å². The average Bonchev–Trinajstić information content (AvgIpc) is 2.78. The molecule has 92 valence electrons. The summed E-state index contributed by atoms with van der Waals surface area (Å²) in [6, 6.07) is 4.69. The smallest absolute Gasteiger partial charge is 0.250 e. The molecule has 2 N–H and O–H groups in total. The molecule has 0 unspecified atom stereocenters. The van der Waals surface area contributed by atoms with Crippen LogP contribution in [0.15, 0.2) is 18.2 Å². The third-order valence-electron chi connectivity index (χ3n) is 2.28. The van der Waals surface area contributed by atoms with Gasteiger partial charge >= 0.3 is 0 Å². The molecule has 0 spiro atoms. The lowest BCUT2D eigenvalue weighted by Crippen LogP contribution is -2.18. The van der Waals surface area contributed by atoms with Crippen LogP contribution < -0.4 is 10.5 Å². The van der Waals surface area contributed by atoms with Gasteiger partial charge in [0.05, 0.1) is 23.8 Å². The summed E-state index contributed by atoms with van der Waals surface area (Å²) in [6.45, 7) is 1.44. The normalized spacial score (nSPS) is 16.1. The van der Waals surface area contributed by atoms with E-state index in [1.807, 2.05) is 0 Å². The second-order valence-corrected chi connectivity index (χ2v) is 3.90. The van der Waals surface area contributed by atoms with Gasteiger partial charge in [-0.15, -0.1) is 0 Å². The lowest BCUT2D eigenvalue weighted by molar-refractivity contribution is -0.0684. The van der Waals surface area contributed by atoms with Crippen LogP contribution in [0.25, 0.3) is 0 Å². The van der Waals surface area contributed by atoms with Crippen molar-refractivity contribution in [3.05, 3.63) is 28.8 Å². The topological polar surface area (TPSA) is 70.8 Å². The van der Waals surface area contributed by atoms with Crippen LogP contribution >= 0.6 is 11.6 Å². The summed E-state index contributed by atoms with van der Waals surface area (Å²) in [5.74, 6) is -0.0249. The predicted molar refractivity (Wildman–Crippen MR) is 61.2 cm³/mol. The fraction of sp³-hybridized carbons (Fsp3) is 0.364. The van der Waals surface area contributed by atoms with E-state index < -0.39 is 5.91 Å². The highest BCUT2D eigenvalue weighted by molar-refractivity contribution is 6.33. The lowest BCUT2D eigenvalue weighted by Gasteiger charge is -2.11. The van der Waals surface area contributed by atoms with Gasteiger partial charge in [-0.05, 0) is 18.2 Å². The quantitative estimate of drug-likeness (QED) is 0.880. The van der Waals surface area contributed by atoms with Crippen LogP contribution in [0.1, 0.15) is 10.4 Å². The highest BCUT2D eigenvalue weighted by atomic mass is 35.5. The van der Waals surface area contributed by atoms with Crippen molar-refractivity contribution in [2.45, 2.75) is 6.29 Å². The number of carbonyl (C=O) groups excluding carboxylic acids is 1. The van der Waals surface area contributed by atoms with Gasteiger partial charge in [-0.2, -0.15) is 0 Å². The largest absolute Gasteiger partial charge is 0.488 e. The SMILES string of the molecule is NC(=O)c1ccc(OCC2OCCO2)cc1Cl. The van der Waals surface area contributed by atoms with Gasteiger partial charge in [0.25, 0.3) is 0 Å². The Morgan fingerprint density at radius 3 is 2.76 bits per heavy atom. The molecule has 1 amide bonds. The molecule has 1 fully saturated rings. The number of halogens is 1. The molecule has 0 radical (unpaired) electrons. The van der Waals surface area contributed by atoms with Gasteiger partial charge in [0.15, 0.2) is 6.29 Å². The molecule has 2 rings (SSSR count). The van der Waals surface area contributed by atoms with Crippen LogP contribution in [0, 0.1) is 0 Å². The Kier molecular flexibility index (Phi) is 3.83. The van der Waals surface area contributed by atoms with E-state index in [1.54, 1.807) is 6.07 Å². The summed E-state index contributed by atoms with van der Waals surface area (Å²) in [5, 5.41) is 0.267. The zero-order valence-electron chi connectivity index (χ0n) is 9.02. The van der Waals surface area contributed by atoms with Crippen molar-refractivity contribution in [1.82, 2.24) is 0 Å². The number of carbonyl (C=O) groups is 1. The number of rotatable bonds is 4. The van der Waals surface area contributed by atoms with E-state index in [0.717, 1.165) is 0 Å². The van der Waals surface area contributed by atoms with Gasteiger partial charge < -0.3 is 19.9 Å². The fourth-order valence-electron chi connectivity index (χ4n) is 1.45. The molecule has 1 aliphatic rings. The van der Waals surface area contributed by atoms with E-state index in [2.05, 4.69) is 0 Å². The Morgan fingerprint density at radius 2 is 2.18 bits per heavy atom. The van der Waals surface area contributed by atoms with Crippen molar-refractivity contribution in [2.24, 2.45) is 5.73 Å². The van der Waals surface area contributed by atoms with Crippen LogP contribution in [0.4, 0.5) is 0 Å². The van der Waals surface area contributed by atoms with Crippen LogP contribution in [-0.2, 0) is 9.47 Å². The number of nitrogens with two attached hydrogens (primary N) is 1. The monoisotopic (exact) mass is 257 g/mol.